The molecule has 0 atom stereocenters. The number of fused-ring (bicyclic) bond motifs is 2. The molecule has 1 aliphatic carbocycles. The normalized spacial score (nSPS) is 13.6. The number of nitrogen functional groups attached to an aromatic ring is 1. The number of benzene rings is 1. The van der Waals surface area contributed by atoms with Crippen LogP contribution in [0.25, 0.3) is 17.0 Å². The zero-order chi connectivity index (χ0) is 14.8. The van der Waals surface area contributed by atoms with E-state index < -0.39 is 5.97 Å². The fourth-order valence-corrected chi connectivity index (χ4v) is 2.57. The minimum Gasteiger partial charge on any atom is -0.481 e. The summed E-state index contributed by atoms with van der Waals surface area (Å²) < 4.78 is 0. The van der Waals surface area contributed by atoms with Gasteiger partial charge < -0.3 is 10.8 Å². The maximum atomic E-state index is 10.7. The Balaban J connectivity index is 2.00. The molecule has 0 spiro atoms. The number of hydrogen-bond acceptors (Lipinski definition) is 3. The molecule has 1 heterocycles. The van der Waals surface area contributed by atoms with Crippen molar-refractivity contribution in [2.24, 2.45) is 0 Å². The van der Waals surface area contributed by atoms with Crippen LogP contribution in [0.5, 0.6) is 0 Å². The average molecular weight is 280 g/mol. The van der Waals surface area contributed by atoms with E-state index in [4.69, 9.17) is 10.8 Å². The second kappa shape index (κ2) is 5.40. The first-order valence-electron chi connectivity index (χ1n) is 6.91. The number of nitrogens with two attached hydrogens (primary N) is 1. The number of aliphatic carboxylic acids is 1. The molecule has 0 unspecified atom stereocenters. The predicted molar refractivity (Wildman–Crippen MR) is 83.8 cm³/mol. The number of carbonyl (C=O) groups is 1. The third-order valence-corrected chi connectivity index (χ3v) is 3.72. The van der Waals surface area contributed by atoms with E-state index in [1.54, 1.807) is 0 Å². The molecule has 0 saturated carbocycles. The average Bonchev–Trinajstić information content (AvgIpc) is 2.68. The lowest BCUT2D eigenvalue weighted by atomic mass is 10.0. The van der Waals surface area contributed by atoms with Crippen LogP contribution in [-0.2, 0) is 11.2 Å². The van der Waals surface area contributed by atoms with Crippen LogP contribution in [0.1, 0.15) is 24.1 Å². The summed E-state index contributed by atoms with van der Waals surface area (Å²) in [6.07, 6.45) is 7.25. The number of carboxylic acids is 1. The van der Waals surface area contributed by atoms with Crippen LogP contribution >= 0.6 is 0 Å². The van der Waals surface area contributed by atoms with Crippen LogP contribution in [0.15, 0.2) is 42.0 Å². The molecule has 3 N–H and O–H groups in total. The molecule has 0 amide bonds. The lowest BCUT2D eigenvalue weighted by Gasteiger charge is -2.10. The van der Waals surface area contributed by atoms with Gasteiger partial charge in [0.2, 0.25) is 0 Å². The summed E-state index contributed by atoms with van der Waals surface area (Å²) in [7, 11) is 0. The van der Waals surface area contributed by atoms with Crippen molar-refractivity contribution >= 4 is 28.6 Å². The number of hydrogen-bond donors (Lipinski definition) is 2. The number of pyridine rings is 1. The maximum absolute atomic E-state index is 10.7. The van der Waals surface area contributed by atoms with Crippen molar-refractivity contribution < 1.29 is 9.90 Å². The van der Waals surface area contributed by atoms with Gasteiger partial charge in [-0.15, -0.1) is 0 Å². The minimum absolute atomic E-state index is 0.136. The van der Waals surface area contributed by atoms with Crippen molar-refractivity contribution in [2.75, 3.05) is 5.73 Å². The first-order valence-corrected chi connectivity index (χ1v) is 6.91. The molecule has 2 aromatic rings. The van der Waals surface area contributed by atoms with Crippen molar-refractivity contribution in [3.05, 3.63) is 53.2 Å². The first kappa shape index (κ1) is 13.4. The number of allylic oxidation sites excluding steroid dienone is 3. The van der Waals surface area contributed by atoms with Crippen LogP contribution in [0.4, 0.5) is 5.69 Å². The second-order valence-corrected chi connectivity index (χ2v) is 5.12. The third-order valence-electron chi connectivity index (χ3n) is 3.72. The highest BCUT2D eigenvalue weighted by molar-refractivity contribution is 5.93. The molecule has 21 heavy (non-hydrogen) atoms. The highest BCUT2D eigenvalue weighted by Gasteiger charge is 2.12. The van der Waals surface area contributed by atoms with Crippen LogP contribution in [0.3, 0.4) is 0 Å². The van der Waals surface area contributed by atoms with Gasteiger partial charge in [0.1, 0.15) is 0 Å². The Hall–Kier alpha value is -2.62. The van der Waals surface area contributed by atoms with E-state index in [-0.39, 0.29) is 6.42 Å². The number of rotatable bonds is 3. The summed E-state index contributed by atoms with van der Waals surface area (Å²) in [5.74, 6) is -0.783. The van der Waals surface area contributed by atoms with Crippen LogP contribution in [-0.4, -0.2) is 16.1 Å². The zero-order valence-electron chi connectivity index (χ0n) is 11.5. The molecule has 1 aromatic heterocycles. The van der Waals surface area contributed by atoms with E-state index in [0.717, 1.165) is 33.4 Å². The van der Waals surface area contributed by atoms with E-state index in [1.165, 1.54) is 0 Å². The van der Waals surface area contributed by atoms with Crippen LogP contribution < -0.4 is 5.73 Å². The largest absolute Gasteiger partial charge is 0.481 e. The summed E-state index contributed by atoms with van der Waals surface area (Å²) in [5.41, 5.74) is 10.8. The monoisotopic (exact) mass is 280 g/mol. The fourth-order valence-electron chi connectivity index (χ4n) is 2.57. The van der Waals surface area contributed by atoms with Gasteiger partial charge in [-0.2, -0.15) is 0 Å². The Labute approximate surface area is 122 Å². The molecule has 1 aromatic carbocycles. The van der Waals surface area contributed by atoms with Crippen molar-refractivity contribution in [2.45, 2.75) is 19.3 Å². The Morgan fingerprint density at radius 2 is 2.10 bits per heavy atom. The third kappa shape index (κ3) is 2.65. The first-order chi connectivity index (χ1) is 10.1. The number of para-hydroxylation sites is 1. The molecule has 0 radical (unpaired) electrons. The zero-order valence-corrected chi connectivity index (χ0v) is 11.5. The van der Waals surface area contributed by atoms with Gasteiger partial charge in [-0.3, -0.25) is 4.79 Å². The van der Waals surface area contributed by atoms with Gasteiger partial charge in [0.15, 0.2) is 0 Å². The number of anilines is 1. The Morgan fingerprint density at radius 1 is 1.29 bits per heavy atom. The van der Waals surface area contributed by atoms with E-state index in [9.17, 15) is 4.79 Å². The standard InChI is InChI=1S/C17H16N2O2/c18-17-12-3-1-2-4-14(12)19-15-9-6-11(5-8-13(15)17)7-10-16(20)21/h1-6,9H,7-8,10H2,(H2,18,19)(H,20,21). The smallest absolute Gasteiger partial charge is 0.303 e. The van der Waals surface area contributed by atoms with E-state index in [1.807, 2.05) is 42.5 Å². The lowest BCUT2D eigenvalue weighted by molar-refractivity contribution is -0.136. The van der Waals surface area contributed by atoms with Gasteiger partial charge in [0.05, 0.1) is 11.2 Å². The molecular weight excluding hydrogens is 264 g/mol. The molecule has 3 rings (SSSR count). The van der Waals surface area contributed by atoms with E-state index in [0.29, 0.717) is 12.8 Å². The SMILES string of the molecule is Nc1c2c(nc3ccccc13)C=CC(CCC(=O)O)=CC2. The molecule has 0 fully saturated rings. The van der Waals surface area contributed by atoms with E-state index >= 15 is 0 Å². The van der Waals surface area contributed by atoms with Gasteiger partial charge in [0, 0.05) is 23.1 Å². The summed E-state index contributed by atoms with van der Waals surface area (Å²) >= 11 is 0. The Kier molecular flexibility index (Phi) is 3.44. The molecule has 0 aliphatic heterocycles. The van der Waals surface area contributed by atoms with E-state index in [2.05, 4.69) is 4.98 Å². The Bertz CT molecular complexity index is 776. The molecule has 1 aliphatic rings. The fraction of sp³-hybridized carbons (Fsp3) is 0.176. The maximum Gasteiger partial charge on any atom is 0.303 e. The van der Waals surface area contributed by atoms with Crippen molar-refractivity contribution in [3.63, 3.8) is 0 Å². The number of nitrogens with zero attached hydrogens (tertiary/aromatic N) is 1. The molecule has 4 heteroatoms. The quantitative estimate of drug-likeness (QED) is 0.905. The molecule has 0 saturated heterocycles. The van der Waals surface area contributed by atoms with Crippen LogP contribution in [0, 0.1) is 0 Å². The van der Waals surface area contributed by atoms with Crippen LogP contribution in [0.2, 0.25) is 0 Å². The summed E-state index contributed by atoms with van der Waals surface area (Å²) in [5, 5.41) is 9.74. The van der Waals surface area contributed by atoms with Gasteiger partial charge in [-0.1, -0.05) is 35.9 Å². The summed E-state index contributed by atoms with van der Waals surface area (Å²) in [4.78, 5) is 15.3. The highest BCUT2D eigenvalue weighted by Crippen LogP contribution is 2.29. The predicted octanol–water partition coefficient (Wildman–Crippen LogP) is 3.18. The molecular formula is C17H16N2O2. The van der Waals surface area contributed by atoms with Crippen molar-refractivity contribution in [1.82, 2.24) is 4.98 Å². The highest BCUT2D eigenvalue weighted by atomic mass is 16.4. The van der Waals surface area contributed by atoms with Crippen molar-refractivity contribution in [1.29, 1.82) is 0 Å². The molecule has 4 nitrogen and oxygen atoms in total. The topological polar surface area (TPSA) is 76.2 Å². The van der Waals surface area contributed by atoms with Gasteiger partial charge in [-0.05, 0) is 25.0 Å². The van der Waals surface area contributed by atoms with Gasteiger partial charge in [0.25, 0.3) is 0 Å². The van der Waals surface area contributed by atoms with Crippen molar-refractivity contribution in [3.8, 4) is 0 Å². The minimum atomic E-state index is -0.783. The van der Waals surface area contributed by atoms with Gasteiger partial charge >= 0.3 is 5.97 Å². The summed E-state index contributed by atoms with van der Waals surface area (Å²) in [6, 6.07) is 7.82. The second-order valence-electron chi connectivity index (χ2n) is 5.12. The molecule has 106 valence electrons. The summed E-state index contributed by atoms with van der Waals surface area (Å²) in [6.45, 7) is 0. The molecule has 0 bridgehead atoms. The Morgan fingerprint density at radius 3 is 2.90 bits per heavy atom. The van der Waals surface area contributed by atoms with Gasteiger partial charge in [-0.25, -0.2) is 4.98 Å². The number of aromatic nitrogens is 1. The lowest BCUT2D eigenvalue weighted by Crippen LogP contribution is -2.00. The number of carboxylic acid groups (broad SMARTS) is 1.